The van der Waals surface area contributed by atoms with Gasteiger partial charge in [-0.05, 0) is 39.8 Å². The van der Waals surface area contributed by atoms with Crippen molar-refractivity contribution >= 4 is 11.9 Å². The van der Waals surface area contributed by atoms with Gasteiger partial charge in [-0.25, -0.2) is 9.97 Å². The van der Waals surface area contributed by atoms with Crippen molar-refractivity contribution in [1.82, 2.24) is 14.9 Å². The second kappa shape index (κ2) is 7.77. The zero-order valence-corrected chi connectivity index (χ0v) is 14.7. The highest BCUT2D eigenvalue weighted by Gasteiger charge is 2.22. The van der Waals surface area contributed by atoms with Crippen molar-refractivity contribution < 1.29 is 9.53 Å². The van der Waals surface area contributed by atoms with Gasteiger partial charge < -0.3 is 15.4 Å². The molecule has 6 nitrogen and oxygen atoms in total. The average Bonchev–Trinajstić information content (AvgIpc) is 2.54. The monoisotopic (exact) mass is 328 g/mol. The molecule has 0 saturated carbocycles. The predicted molar refractivity (Wildman–Crippen MR) is 93.9 cm³/mol. The second-order valence-corrected chi connectivity index (χ2v) is 5.57. The molecule has 24 heavy (non-hydrogen) atoms. The summed E-state index contributed by atoms with van der Waals surface area (Å²) in [5.41, 5.74) is 8.47. The SMILES string of the molecule is CCN(CC)C(=O)c1c(C)nc(N)nc1COc1ccc(C)cc1. The number of aryl methyl sites for hydroxylation is 2. The van der Waals surface area contributed by atoms with Gasteiger partial charge in [0.2, 0.25) is 5.95 Å². The number of rotatable bonds is 6. The number of hydrogen-bond acceptors (Lipinski definition) is 5. The quantitative estimate of drug-likeness (QED) is 0.882. The van der Waals surface area contributed by atoms with Gasteiger partial charge in [0.25, 0.3) is 5.91 Å². The van der Waals surface area contributed by atoms with E-state index >= 15 is 0 Å². The molecule has 2 N–H and O–H groups in total. The first kappa shape index (κ1) is 17.7. The Kier molecular flexibility index (Phi) is 5.73. The maximum absolute atomic E-state index is 12.8. The molecule has 0 radical (unpaired) electrons. The van der Waals surface area contributed by atoms with Gasteiger partial charge in [0, 0.05) is 13.1 Å². The van der Waals surface area contributed by atoms with E-state index < -0.39 is 0 Å². The van der Waals surface area contributed by atoms with Crippen LogP contribution in [0.2, 0.25) is 0 Å². The summed E-state index contributed by atoms with van der Waals surface area (Å²) in [7, 11) is 0. The molecule has 0 aliphatic carbocycles. The molecule has 1 heterocycles. The normalized spacial score (nSPS) is 10.5. The molecule has 0 saturated heterocycles. The van der Waals surface area contributed by atoms with E-state index in [0.29, 0.717) is 30.0 Å². The first-order valence-corrected chi connectivity index (χ1v) is 8.08. The Balaban J connectivity index is 2.30. The summed E-state index contributed by atoms with van der Waals surface area (Å²) >= 11 is 0. The number of carbonyl (C=O) groups excluding carboxylic acids is 1. The number of nitrogen functional groups attached to an aromatic ring is 1. The zero-order chi connectivity index (χ0) is 17.7. The molecule has 2 aromatic rings. The molecule has 0 aliphatic rings. The number of anilines is 1. The molecular formula is C18H24N4O2. The molecule has 1 aromatic heterocycles. The number of amides is 1. The fourth-order valence-electron chi connectivity index (χ4n) is 2.49. The number of nitrogens with zero attached hydrogens (tertiary/aromatic N) is 3. The van der Waals surface area contributed by atoms with Crippen LogP contribution in [0.3, 0.4) is 0 Å². The lowest BCUT2D eigenvalue weighted by molar-refractivity contribution is 0.0768. The Bertz CT molecular complexity index is 710. The summed E-state index contributed by atoms with van der Waals surface area (Å²) in [6, 6.07) is 7.71. The van der Waals surface area contributed by atoms with Gasteiger partial charge in [-0.15, -0.1) is 0 Å². The van der Waals surface area contributed by atoms with E-state index in [1.165, 1.54) is 0 Å². The summed E-state index contributed by atoms with van der Waals surface area (Å²) < 4.78 is 5.78. The minimum absolute atomic E-state index is 0.0972. The fourth-order valence-corrected chi connectivity index (χ4v) is 2.49. The fraction of sp³-hybridized carbons (Fsp3) is 0.389. The molecule has 1 amide bonds. The van der Waals surface area contributed by atoms with Gasteiger partial charge in [-0.1, -0.05) is 17.7 Å². The van der Waals surface area contributed by atoms with Crippen LogP contribution in [0.5, 0.6) is 5.75 Å². The van der Waals surface area contributed by atoms with Crippen molar-refractivity contribution in [3.8, 4) is 5.75 Å². The molecule has 0 bridgehead atoms. The molecule has 6 heteroatoms. The Morgan fingerprint density at radius 2 is 1.75 bits per heavy atom. The topological polar surface area (TPSA) is 81.3 Å². The van der Waals surface area contributed by atoms with Gasteiger partial charge in [0.15, 0.2) is 0 Å². The highest BCUT2D eigenvalue weighted by atomic mass is 16.5. The van der Waals surface area contributed by atoms with Crippen molar-refractivity contribution in [1.29, 1.82) is 0 Å². The van der Waals surface area contributed by atoms with Crippen molar-refractivity contribution in [2.24, 2.45) is 0 Å². The molecular weight excluding hydrogens is 304 g/mol. The Morgan fingerprint density at radius 1 is 1.12 bits per heavy atom. The van der Waals surface area contributed by atoms with Crippen LogP contribution in [0.25, 0.3) is 0 Å². The van der Waals surface area contributed by atoms with Crippen LogP contribution >= 0.6 is 0 Å². The van der Waals surface area contributed by atoms with E-state index in [0.717, 1.165) is 11.3 Å². The zero-order valence-electron chi connectivity index (χ0n) is 14.7. The Hall–Kier alpha value is -2.63. The third-order valence-electron chi connectivity index (χ3n) is 3.84. The molecule has 1 aromatic carbocycles. The van der Waals surface area contributed by atoms with Crippen LogP contribution in [0, 0.1) is 13.8 Å². The summed E-state index contributed by atoms with van der Waals surface area (Å²) in [6.45, 7) is 9.08. The van der Waals surface area contributed by atoms with E-state index in [9.17, 15) is 4.79 Å². The first-order chi connectivity index (χ1) is 11.5. The van der Waals surface area contributed by atoms with Crippen LogP contribution < -0.4 is 10.5 Å². The van der Waals surface area contributed by atoms with E-state index in [4.69, 9.17) is 10.5 Å². The third-order valence-corrected chi connectivity index (χ3v) is 3.84. The smallest absolute Gasteiger partial charge is 0.257 e. The lowest BCUT2D eigenvalue weighted by Gasteiger charge is -2.21. The molecule has 0 spiro atoms. The highest BCUT2D eigenvalue weighted by Crippen LogP contribution is 2.18. The minimum Gasteiger partial charge on any atom is -0.487 e. The number of aromatic nitrogens is 2. The summed E-state index contributed by atoms with van der Waals surface area (Å²) in [5, 5.41) is 0. The molecule has 0 fully saturated rings. The van der Waals surface area contributed by atoms with Crippen molar-refractivity contribution in [2.45, 2.75) is 34.3 Å². The van der Waals surface area contributed by atoms with Crippen molar-refractivity contribution in [3.05, 3.63) is 46.8 Å². The number of carbonyl (C=O) groups is 1. The number of benzene rings is 1. The van der Waals surface area contributed by atoms with Crippen LogP contribution in [-0.4, -0.2) is 33.9 Å². The molecule has 128 valence electrons. The van der Waals surface area contributed by atoms with Crippen LogP contribution in [0.15, 0.2) is 24.3 Å². The minimum atomic E-state index is -0.0972. The molecule has 0 unspecified atom stereocenters. The summed E-state index contributed by atoms with van der Waals surface area (Å²) in [4.78, 5) is 22.9. The van der Waals surface area contributed by atoms with Crippen molar-refractivity contribution in [2.75, 3.05) is 18.8 Å². The highest BCUT2D eigenvalue weighted by molar-refractivity contribution is 5.96. The first-order valence-electron chi connectivity index (χ1n) is 8.08. The summed E-state index contributed by atoms with van der Waals surface area (Å²) in [5.74, 6) is 0.766. The summed E-state index contributed by atoms with van der Waals surface area (Å²) in [6.07, 6.45) is 0. The Labute approximate surface area is 142 Å². The number of nitrogens with two attached hydrogens (primary N) is 1. The maximum Gasteiger partial charge on any atom is 0.257 e. The van der Waals surface area contributed by atoms with Gasteiger partial charge in [-0.2, -0.15) is 0 Å². The number of ether oxygens (including phenoxy) is 1. The molecule has 0 aliphatic heterocycles. The van der Waals surface area contributed by atoms with Crippen LogP contribution in [-0.2, 0) is 6.61 Å². The average molecular weight is 328 g/mol. The van der Waals surface area contributed by atoms with E-state index in [1.54, 1.807) is 11.8 Å². The predicted octanol–water partition coefficient (Wildman–Crippen LogP) is 2.74. The largest absolute Gasteiger partial charge is 0.487 e. The van der Waals surface area contributed by atoms with E-state index in [1.807, 2.05) is 45.0 Å². The Morgan fingerprint density at radius 3 is 2.33 bits per heavy atom. The van der Waals surface area contributed by atoms with Gasteiger partial charge >= 0.3 is 0 Å². The third kappa shape index (κ3) is 4.01. The van der Waals surface area contributed by atoms with Gasteiger partial charge in [0.05, 0.1) is 17.0 Å². The van der Waals surface area contributed by atoms with Crippen LogP contribution in [0.1, 0.15) is 41.2 Å². The maximum atomic E-state index is 12.8. The van der Waals surface area contributed by atoms with Gasteiger partial charge in [-0.3, -0.25) is 4.79 Å². The molecule has 0 atom stereocenters. The van der Waals surface area contributed by atoms with E-state index in [2.05, 4.69) is 9.97 Å². The standard InChI is InChI=1S/C18H24N4O2/c1-5-22(6-2)17(23)16-13(4)20-18(19)21-15(16)11-24-14-9-7-12(3)8-10-14/h7-10H,5-6,11H2,1-4H3,(H2,19,20,21). The number of hydrogen-bond donors (Lipinski definition) is 1. The second-order valence-electron chi connectivity index (χ2n) is 5.57. The van der Waals surface area contributed by atoms with Crippen LogP contribution in [0.4, 0.5) is 5.95 Å². The lowest BCUT2D eigenvalue weighted by atomic mass is 10.1. The van der Waals surface area contributed by atoms with E-state index in [-0.39, 0.29) is 18.5 Å². The molecule has 2 rings (SSSR count). The van der Waals surface area contributed by atoms with Crippen molar-refractivity contribution in [3.63, 3.8) is 0 Å². The lowest BCUT2D eigenvalue weighted by Crippen LogP contribution is -2.32. The van der Waals surface area contributed by atoms with Gasteiger partial charge in [0.1, 0.15) is 12.4 Å².